The minimum atomic E-state index is -3.64. The predicted molar refractivity (Wildman–Crippen MR) is 82.3 cm³/mol. The summed E-state index contributed by atoms with van der Waals surface area (Å²) >= 11 is 11.5. The average molecular weight is 329 g/mol. The second-order valence-electron chi connectivity index (χ2n) is 3.86. The second kappa shape index (κ2) is 6.26. The van der Waals surface area contributed by atoms with Gasteiger partial charge in [-0.2, -0.15) is 0 Å². The highest BCUT2D eigenvalue weighted by Crippen LogP contribution is 2.15. The number of aromatic nitrogens is 1. The second-order valence-corrected chi connectivity index (χ2v) is 6.30. The van der Waals surface area contributed by atoms with Gasteiger partial charge in [0, 0.05) is 22.3 Å². The summed E-state index contributed by atoms with van der Waals surface area (Å²) < 4.78 is 26.0. The van der Waals surface area contributed by atoms with E-state index in [1.165, 1.54) is 18.3 Å². The SMILES string of the molecule is O=S(=O)(/C=C/c1ccc(Cl)cc1)Nc1cc(Cl)ccn1. The molecule has 7 heteroatoms. The first-order valence-corrected chi connectivity index (χ1v) is 7.83. The first-order valence-electron chi connectivity index (χ1n) is 5.53. The van der Waals surface area contributed by atoms with Crippen molar-refractivity contribution in [1.29, 1.82) is 0 Å². The number of nitrogens with one attached hydrogen (secondary N) is 1. The molecule has 4 nitrogen and oxygen atoms in total. The summed E-state index contributed by atoms with van der Waals surface area (Å²) in [6, 6.07) is 9.77. The summed E-state index contributed by atoms with van der Waals surface area (Å²) in [5.74, 6) is 0.165. The molecule has 1 aromatic carbocycles. The molecule has 0 aliphatic heterocycles. The molecule has 0 aliphatic carbocycles. The van der Waals surface area contributed by atoms with E-state index in [-0.39, 0.29) is 5.82 Å². The van der Waals surface area contributed by atoms with E-state index in [9.17, 15) is 8.42 Å². The minimum absolute atomic E-state index is 0.165. The van der Waals surface area contributed by atoms with Crippen molar-refractivity contribution in [3.05, 3.63) is 63.6 Å². The maximum absolute atomic E-state index is 11.8. The first-order chi connectivity index (χ1) is 9.44. The summed E-state index contributed by atoms with van der Waals surface area (Å²) in [6.07, 6.45) is 2.88. The van der Waals surface area contributed by atoms with Gasteiger partial charge in [0.1, 0.15) is 5.82 Å². The molecule has 0 radical (unpaired) electrons. The van der Waals surface area contributed by atoms with E-state index >= 15 is 0 Å². The predicted octanol–water partition coefficient (Wildman–Crippen LogP) is 3.80. The molecular weight excluding hydrogens is 319 g/mol. The fourth-order valence-corrected chi connectivity index (χ4v) is 2.48. The maximum Gasteiger partial charge on any atom is 0.256 e. The van der Waals surface area contributed by atoms with Gasteiger partial charge in [-0.3, -0.25) is 4.72 Å². The van der Waals surface area contributed by atoms with E-state index in [0.29, 0.717) is 10.0 Å². The lowest BCUT2D eigenvalue weighted by Crippen LogP contribution is -2.09. The van der Waals surface area contributed by atoms with Crippen molar-refractivity contribution in [1.82, 2.24) is 4.98 Å². The Morgan fingerprint density at radius 1 is 1.05 bits per heavy atom. The third kappa shape index (κ3) is 4.52. The summed E-state index contributed by atoms with van der Waals surface area (Å²) in [5.41, 5.74) is 0.721. The van der Waals surface area contributed by atoms with Gasteiger partial charge in [-0.25, -0.2) is 13.4 Å². The van der Waals surface area contributed by atoms with E-state index in [1.54, 1.807) is 30.3 Å². The maximum atomic E-state index is 11.8. The first kappa shape index (κ1) is 14.8. The van der Waals surface area contributed by atoms with Crippen LogP contribution in [-0.4, -0.2) is 13.4 Å². The smallest absolute Gasteiger partial charge is 0.256 e. The molecule has 0 spiro atoms. The Hall–Kier alpha value is -1.56. The number of benzene rings is 1. The molecule has 0 saturated carbocycles. The Bertz CT molecular complexity index is 728. The number of anilines is 1. The summed E-state index contributed by atoms with van der Waals surface area (Å²) in [6.45, 7) is 0. The standard InChI is InChI=1S/C13H10Cl2N2O2S/c14-11-3-1-10(2-4-11)6-8-20(18,19)17-13-9-12(15)5-7-16-13/h1-9H,(H,16,17)/b8-6+. The molecule has 20 heavy (non-hydrogen) atoms. The van der Waals surface area contributed by atoms with Crippen LogP contribution in [-0.2, 0) is 10.0 Å². The summed E-state index contributed by atoms with van der Waals surface area (Å²) in [7, 11) is -3.64. The van der Waals surface area contributed by atoms with Gasteiger partial charge in [-0.05, 0) is 29.8 Å². The van der Waals surface area contributed by atoms with E-state index in [1.807, 2.05) is 0 Å². The molecule has 0 bridgehead atoms. The topological polar surface area (TPSA) is 59.1 Å². The van der Waals surface area contributed by atoms with Gasteiger partial charge in [0.15, 0.2) is 0 Å². The molecule has 0 atom stereocenters. The monoisotopic (exact) mass is 328 g/mol. The van der Waals surface area contributed by atoms with E-state index in [4.69, 9.17) is 23.2 Å². The van der Waals surface area contributed by atoms with Crippen LogP contribution >= 0.6 is 23.2 Å². The molecule has 1 aromatic heterocycles. The molecule has 0 aliphatic rings. The van der Waals surface area contributed by atoms with Gasteiger partial charge >= 0.3 is 0 Å². The van der Waals surface area contributed by atoms with Crippen molar-refractivity contribution in [3.8, 4) is 0 Å². The quantitative estimate of drug-likeness (QED) is 0.928. The lowest BCUT2D eigenvalue weighted by Gasteiger charge is -2.03. The largest absolute Gasteiger partial charge is 0.264 e. The number of sulfonamides is 1. The lowest BCUT2D eigenvalue weighted by molar-refractivity contribution is 0.609. The Morgan fingerprint density at radius 2 is 1.75 bits per heavy atom. The van der Waals surface area contributed by atoms with Crippen LogP contribution in [0.15, 0.2) is 48.0 Å². The van der Waals surface area contributed by atoms with Gasteiger partial charge in [0.25, 0.3) is 10.0 Å². The van der Waals surface area contributed by atoms with Crippen molar-refractivity contribution >= 4 is 45.1 Å². The molecule has 0 unspecified atom stereocenters. The third-order valence-corrected chi connectivity index (χ3v) is 3.75. The molecule has 0 amide bonds. The number of nitrogens with zero attached hydrogens (tertiary/aromatic N) is 1. The zero-order chi connectivity index (χ0) is 14.6. The highest BCUT2D eigenvalue weighted by molar-refractivity contribution is 7.95. The molecule has 0 saturated heterocycles. The molecular formula is C13H10Cl2N2O2S. The fraction of sp³-hybridized carbons (Fsp3) is 0. The molecule has 0 fully saturated rings. The van der Waals surface area contributed by atoms with Crippen molar-refractivity contribution in [2.24, 2.45) is 0 Å². The molecule has 104 valence electrons. The third-order valence-electron chi connectivity index (χ3n) is 2.28. The van der Waals surface area contributed by atoms with Gasteiger partial charge in [-0.15, -0.1) is 0 Å². The highest BCUT2D eigenvalue weighted by Gasteiger charge is 2.06. The van der Waals surface area contributed by atoms with Crippen LogP contribution in [0, 0.1) is 0 Å². The number of hydrogen-bond acceptors (Lipinski definition) is 3. The van der Waals surface area contributed by atoms with Gasteiger partial charge in [-0.1, -0.05) is 35.3 Å². The van der Waals surface area contributed by atoms with Crippen LogP contribution in [0.2, 0.25) is 10.0 Å². The lowest BCUT2D eigenvalue weighted by atomic mass is 10.2. The summed E-state index contributed by atoms with van der Waals surface area (Å²) in [4.78, 5) is 3.87. The zero-order valence-corrected chi connectivity index (χ0v) is 12.5. The number of hydrogen-bond donors (Lipinski definition) is 1. The van der Waals surface area contributed by atoms with E-state index < -0.39 is 10.0 Å². The fourth-order valence-electron chi connectivity index (χ4n) is 1.38. The van der Waals surface area contributed by atoms with Crippen LogP contribution in [0.5, 0.6) is 0 Å². The summed E-state index contributed by atoms with van der Waals surface area (Å²) in [5, 5.41) is 2.05. The number of rotatable bonds is 4. The van der Waals surface area contributed by atoms with Crippen LogP contribution in [0.4, 0.5) is 5.82 Å². The number of halogens is 2. The minimum Gasteiger partial charge on any atom is -0.264 e. The van der Waals surface area contributed by atoms with Crippen molar-refractivity contribution < 1.29 is 8.42 Å². The molecule has 2 aromatic rings. The van der Waals surface area contributed by atoms with Crippen molar-refractivity contribution in [2.75, 3.05) is 4.72 Å². The Balaban J connectivity index is 2.13. The van der Waals surface area contributed by atoms with Gasteiger partial charge in [0.05, 0.1) is 5.41 Å². The van der Waals surface area contributed by atoms with Crippen molar-refractivity contribution in [2.45, 2.75) is 0 Å². The van der Waals surface area contributed by atoms with Crippen LogP contribution in [0.1, 0.15) is 5.56 Å². The zero-order valence-electron chi connectivity index (χ0n) is 10.1. The van der Waals surface area contributed by atoms with E-state index in [0.717, 1.165) is 11.0 Å². The Morgan fingerprint density at radius 3 is 2.40 bits per heavy atom. The Labute approximate surface area is 127 Å². The average Bonchev–Trinajstić information content (AvgIpc) is 2.37. The van der Waals surface area contributed by atoms with Crippen LogP contribution in [0.3, 0.4) is 0 Å². The van der Waals surface area contributed by atoms with Crippen LogP contribution in [0.25, 0.3) is 6.08 Å². The molecule has 1 heterocycles. The molecule has 2 rings (SSSR count). The van der Waals surface area contributed by atoms with E-state index in [2.05, 4.69) is 9.71 Å². The normalized spacial score (nSPS) is 11.7. The molecule has 1 N–H and O–H groups in total. The van der Waals surface area contributed by atoms with Gasteiger partial charge in [0.2, 0.25) is 0 Å². The van der Waals surface area contributed by atoms with Gasteiger partial charge < -0.3 is 0 Å². The van der Waals surface area contributed by atoms with Crippen molar-refractivity contribution in [3.63, 3.8) is 0 Å². The van der Waals surface area contributed by atoms with Crippen LogP contribution < -0.4 is 4.72 Å². The highest BCUT2D eigenvalue weighted by atomic mass is 35.5. The Kier molecular flexibility index (Phi) is 4.65. The number of pyridine rings is 1.